The van der Waals surface area contributed by atoms with E-state index in [-0.39, 0.29) is 5.91 Å². The number of carbonyl (C=O) groups is 1. The van der Waals surface area contributed by atoms with Gasteiger partial charge in [-0.2, -0.15) is 0 Å². The van der Waals surface area contributed by atoms with Crippen LogP contribution < -0.4 is 0 Å². The van der Waals surface area contributed by atoms with Crippen molar-refractivity contribution >= 4 is 5.91 Å². The zero-order chi connectivity index (χ0) is 16.9. The van der Waals surface area contributed by atoms with Crippen LogP contribution in [0.3, 0.4) is 0 Å². The lowest BCUT2D eigenvalue weighted by Crippen LogP contribution is -2.30. The third-order valence-corrected chi connectivity index (χ3v) is 5.01. The van der Waals surface area contributed by atoms with Gasteiger partial charge in [-0.1, -0.05) is 61.2 Å². The molecule has 0 bridgehead atoms. The van der Waals surface area contributed by atoms with E-state index in [0.29, 0.717) is 5.92 Å². The first-order chi connectivity index (χ1) is 11.7. The maximum Gasteiger partial charge on any atom is 0.254 e. The van der Waals surface area contributed by atoms with Gasteiger partial charge in [0.2, 0.25) is 0 Å². The molecule has 0 radical (unpaired) electrons. The summed E-state index contributed by atoms with van der Waals surface area (Å²) in [6, 6.07) is 10.5. The molecular formula is C22H25NO. The summed E-state index contributed by atoms with van der Waals surface area (Å²) >= 11 is 0. The molecule has 124 valence electrons. The second kappa shape index (κ2) is 7.48. The van der Waals surface area contributed by atoms with Gasteiger partial charge in [-0.05, 0) is 42.9 Å². The van der Waals surface area contributed by atoms with Gasteiger partial charge in [0, 0.05) is 24.6 Å². The number of nitrogens with zero attached hydrogens (tertiary/aromatic N) is 1. The van der Waals surface area contributed by atoms with E-state index in [1.165, 1.54) is 11.1 Å². The number of carbonyl (C=O) groups excluding carboxylic acids is 1. The standard InChI is InChI=1S/C22H25NO/c1-3-17-10-8-9-13-21(17)20(4-2)22(24)23-15-14-19(16-23)18-11-6-5-7-12-18/h3-7,9,11-13,19H,1,8,10,14-16H2,2H3/b20-4+. The first kappa shape index (κ1) is 16.5. The fourth-order valence-electron chi connectivity index (χ4n) is 3.66. The highest BCUT2D eigenvalue weighted by Crippen LogP contribution is 2.31. The number of benzene rings is 1. The predicted molar refractivity (Wildman–Crippen MR) is 99.7 cm³/mol. The van der Waals surface area contributed by atoms with E-state index in [1.807, 2.05) is 30.0 Å². The molecule has 1 aliphatic carbocycles. The predicted octanol–water partition coefficient (Wildman–Crippen LogP) is 4.78. The molecular weight excluding hydrogens is 294 g/mol. The average molecular weight is 319 g/mol. The van der Waals surface area contributed by atoms with Crippen molar-refractivity contribution in [3.63, 3.8) is 0 Å². The van der Waals surface area contributed by atoms with Gasteiger partial charge in [-0.3, -0.25) is 4.79 Å². The van der Waals surface area contributed by atoms with Crippen LogP contribution in [0.25, 0.3) is 0 Å². The van der Waals surface area contributed by atoms with Gasteiger partial charge in [0.1, 0.15) is 0 Å². The molecule has 1 unspecified atom stereocenters. The van der Waals surface area contributed by atoms with Crippen LogP contribution in [-0.2, 0) is 4.79 Å². The van der Waals surface area contributed by atoms with Crippen molar-refractivity contribution in [2.75, 3.05) is 13.1 Å². The van der Waals surface area contributed by atoms with E-state index >= 15 is 0 Å². The lowest BCUT2D eigenvalue weighted by atomic mass is 9.91. The van der Waals surface area contributed by atoms with Gasteiger partial charge < -0.3 is 4.90 Å². The smallest absolute Gasteiger partial charge is 0.254 e. The van der Waals surface area contributed by atoms with Gasteiger partial charge in [0.25, 0.3) is 5.91 Å². The van der Waals surface area contributed by atoms with Crippen LogP contribution in [-0.4, -0.2) is 23.9 Å². The highest BCUT2D eigenvalue weighted by molar-refractivity contribution is 5.99. The maximum atomic E-state index is 13.1. The lowest BCUT2D eigenvalue weighted by Gasteiger charge is -2.22. The Balaban J connectivity index is 1.78. The minimum Gasteiger partial charge on any atom is -0.338 e. The first-order valence-electron chi connectivity index (χ1n) is 8.77. The van der Waals surface area contributed by atoms with E-state index in [0.717, 1.165) is 43.5 Å². The van der Waals surface area contributed by atoms with Gasteiger partial charge in [-0.15, -0.1) is 0 Å². The average Bonchev–Trinajstić information content (AvgIpc) is 3.13. The van der Waals surface area contributed by atoms with Crippen molar-refractivity contribution in [3.05, 3.63) is 83.5 Å². The van der Waals surface area contributed by atoms with Gasteiger partial charge >= 0.3 is 0 Å². The summed E-state index contributed by atoms with van der Waals surface area (Å²) in [5.74, 6) is 0.597. The largest absolute Gasteiger partial charge is 0.338 e. The second-order valence-electron chi connectivity index (χ2n) is 6.43. The van der Waals surface area contributed by atoms with Gasteiger partial charge in [-0.25, -0.2) is 0 Å². The van der Waals surface area contributed by atoms with Gasteiger partial charge in [0.05, 0.1) is 0 Å². The number of amides is 1. The minimum absolute atomic E-state index is 0.150. The fourth-order valence-corrected chi connectivity index (χ4v) is 3.66. The molecule has 2 aliphatic rings. The summed E-state index contributed by atoms with van der Waals surface area (Å²) < 4.78 is 0. The molecule has 1 aromatic rings. The van der Waals surface area contributed by atoms with Crippen LogP contribution in [0.5, 0.6) is 0 Å². The number of likely N-dealkylation sites (tertiary alicyclic amines) is 1. The second-order valence-corrected chi connectivity index (χ2v) is 6.43. The van der Waals surface area contributed by atoms with E-state index in [9.17, 15) is 4.79 Å². The Hall–Kier alpha value is -2.35. The Morgan fingerprint density at radius 1 is 1.29 bits per heavy atom. The summed E-state index contributed by atoms with van der Waals surface area (Å²) in [6.07, 6.45) is 11.1. The summed E-state index contributed by atoms with van der Waals surface area (Å²) in [6.45, 7) is 7.50. The van der Waals surface area contributed by atoms with Crippen LogP contribution >= 0.6 is 0 Å². The van der Waals surface area contributed by atoms with Crippen molar-refractivity contribution in [1.29, 1.82) is 0 Å². The summed E-state index contributed by atoms with van der Waals surface area (Å²) in [5, 5.41) is 0. The highest BCUT2D eigenvalue weighted by atomic mass is 16.2. The molecule has 3 rings (SSSR count). The third-order valence-electron chi connectivity index (χ3n) is 5.01. The van der Waals surface area contributed by atoms with E-state index < -0.39 is 0 Å². The molecule has 1 aromatic carbocycles. The molecule has 1 aliphatic heterocycles. The zero-order valence-corrected chi connectivity index (χ0v) is 14.4. The zero-order valence-electron chi connectivity index (χ0n) is 14.4. The van der Waals surface area contributed by atoms with Crippen molar-refractivity contribution in [1.82, 2.24) is 4.90 Å². The lowest BCUT2D eigenvalue weighted by molar-refractivity contribution is -0.125. The summed E-state index contributed by atoms with van der Waals surface area (Å²) in [7, 11) is 0. The summed E-state index contributed by atoms with van der Waals surface area (Å²) in [4.78, 5) is 15.1. The van der Waals surface area contributed by atoms with Crippen LogP contribution in [0, 0.1) is 0 Å². The molecule has 1 fully saturated rings. The molecule has 1 heterocycles. The van der Waals surface area contributed by atoms with E-state index in [4.69, 9.17) is 0 Å². The number of hydrogen-bond donors (Lipinski definition) is 0. The van der Waals surface area contributed by atoms with Crippen molar-refractivity contribution < 1.29 is 4.79 Å². The first-order valence-corrected chi connectivity index (χ1v) is 8.77. The van der Waals surface area contributed by atoms with Crippen molar-refractivity contribution in [3.8, 4) is 0 Å². The molecule has 2 nitrogen and oxygen atoms in total. The number of hydrogen-bond acceptors (Lipinski definition) is 1. The molecule has 0 N–H and O–H groups in total. The van der Waals surface area contributed by atoms with E-state index in [1.54, 1.807) is 0 Å². The van der Waals surface area contributed by atoms with Crippen LogP contribution in [0.1, 0.15) is 37.7 Å². The monoisotopic (exact) mass is 319 g/mol. The van der Waals surface area contributed by atoms with Crippen LogP contribution in [0.15, 0.2) is 77.9 Å². The van der Waals surface area contributed by atoms with E-state index in [2.05, 4.69) is 43.0 Å². The van der Waals surface area contributed by atoms with Crippen LogP contribution in [0.2, 0.25) is 0 Å². The molecule has 0 spiro atoms. The molecule has 1 atom stereocenters. The Kier molecular flexibility index (Phi) is 5.14. The minimum atomic E-state index is 0.150. The third kappa shape index (κ3) is 3.28. The molecule has 0 aromatic heterocycles. The van der Waals surface area contributed by atoms with Crippen LogP contribution in [0.4, 0.5) is 0 Å². The van der Waals surface area contributed by atoms with Gasteiger partial charge in [0.15, 0.2) is 0 Å². The summed E-state index contributed by atoms with van der Waals surface area (Å²) in [5.41, 5.74) is 4.37. The molecule has 24 heavy (non-hydrogen) atoms. The number of allylic oxidation sites excluding steroid dienone is 5. The Morgan fingerprint density at radius 3 is 2.79 bits per heavy atom. The Morgan fingerprint density at radius 2 is 2.08 bits per heavy atom. The van der Waals surface area contributed by atoms with Crippen molar-refractivity contribution in [2.45, 2.75) is 32.1 Å². The normalized spacial score (nSPS) is 21.3. The molecule has 2 heteroatoms. The quantitative estimate of drug-likeness (QED) is 0.731. The molecule has 1 amide bonds. The SMILES string of the molecule is C=CC1=C(/C(=C\C)C(=O)N2CCC(c3ccccc3)C2)C=CCC1. The highest BCUT2D eigenvalue weighted by Gasteiger charge is 2.30. The molecule has 1 saturated heterocycles. The maximum absolute atomic E-state index is 13.1. The number of rotatable bonds is 4. The Bertz CT molecular complexity index is 709. The van der Waals surface area contributed by atoms with Crippen molar-refractivity contribution in [2.24, 2.45) is 0 Å². The topological polar surface area (TPSA) is 20.3 Å². The fraction of sp³-hybridized carbons (Fsp3) is 0.318. The Labute approximate surface area is 144 Å². The molecule has 0 saturated carbocycles.